The molecule has 1 saturated carbocycles. The summed E-state index contributed by atoms with van der Waals surface area (Å²) in [6.45, 7) is 0. The van der Waals surface area contributed by atoms with Crippen molar-refractivity contribution in [3.05, 3.63) is 36.3 Å². The minimum atomic E-state index is 0.865. The molecule has 3 heterocycles. The summed E-state index contributed by atoms with van der Waals surface area (Å²) < 4.78 is 0. The molecule has 0 spiro atoms. The lowest BCUT2D eigenvalue weighted by atomic mass is 10.2. The molecule has 1 fully saturated rings. The molecule has 5 nitrogen and oxygen atoms in total. The topological polar surface area (TPSA) is 69.4 Å². The van der Waals surface area contributed by atoms with E-state index in [1.54, 1.807) is 6.20 Å². The summed E-state index contributed by atoms with van der Waals surface area (Å²) >= 11 is 0. The molecule has 0 bridgehead atoms. The van der Waals surface area contributed by atoms with Crippen LogP contribution in [0.1, 0.15) is 18.5 Å². The third kappa shape index (κ3) is 2.07. The van der Waals surface area contributed by atoms with Gasteiger partial charge in [-0.25, -0.2) is 4.98 Å². The zero-order valence-electron chi connectivity index (χ0n) is 10.5. The van der Waals surface area contributed by atoms with E-state index in [1.165, 1.54) is 18.5 Å². The van der Waals surface area contributed by atoms with Gasteiger partial charge < -0.3 is 10.3 Å². The molecule has 1 aliphatic carbocycles. The van der Waals surface area contributed by atoms with Crippen LogP contribution in [-0.2, 0) is 6.42 Å². The number of anilines is 2. The molecule has 19 heavy (non-hydrogen) atoms. The Labute approximate surface area is 110 Å². The Balaban J connectivity index is 1.59. The number of hydrogen-bond acceptors (Lipinski definition) is 3. The monoisotopic (exact) mass is 253 g/mol. The van der Waals surface area contributed by atoms with Gasteiger partial charge in [-0.3, -0.25) is 5.10 Å². The first-order valence-electron chi connectivity index (χ1n) is 6.62. The quantitative estimate of drug-likeness (QED) is 0.669. The molecule has 5 heteroatoms. The largest absolute Gasteiger partial charge is 0.346 e. The average Bonchev–Trinajstić information content (AvgIpc) is 2.91. The number of pyridine rings is 1. The van der Waals surface area contributed by atoms with Crippen molar-refractivity contribution >= 4 is 22.5 Å². The lowest BCUT2D eigenvalue weighted by Gasteiger charge is -2.03. The smallest absolute Gasteiger partial charge is 0.152 e. The van der Waals surface area contributed by atoms with E-state index in [9.17, 15) is 0 Å². The van der Waals surface area contributed by atoms with Gasteiger partial charge in [0.2, 0.25) is 0 Å². The minimum Gasteiger partial charge on any atom is -0.346 e. The van der Waals surface area contributed by atoms with E-state index in [0.717, 1.165) is 34.9 Å². The fraction of sp³-hybridized carbons (Fsp3) is 0.286. The van der Waals surface area contributed by atoms with Crippen molar-refractivity contribution < 1.29 is 0 Å². The lowest BCUT2D eigenvalue weighted by Crippen LogP contribution is -1.91. The second-order valence-corrected chi connectivity index (χ2v) is 5.15. The second-order valence-electron chi connectivity index (χ2n) is 5.15. The van der Waals surface area contributed by atoms with Gasteiger partial charge in [0.25, 0.3) is 0 Å². The summed E-state index contributed by atoms with van der Waals surface area (Å²) in [5.41, 5.74) is 3.12. The van der Waals surface area contributed by atoms with Gasteiger partial charge in [-0.1, -0.05) is 0 Å². The molecular formula is C14H15N5. The van der Waals surface area contributed by atoms with Crippen LogP contribution in [0.25, 0.3) is 11.0 Å². The summed E-state index contributed by atoms with van der Waals surface area (Å²) in [7, 11) is 0. The minimum absolute atomic E-state index is 0.865. The molecule has 96 valence electrons. The number of H-pyrrole nitrogens is 2. The third-order valence-corrected chi connectivity index (χ3v) is 3.56. The van der Waals surface area contributed by atoms with Gasteiger partial charge in [-0.05, 0) is 37.3 Å². The van der Waals surface area contributed by atoms with Crippen molar-refractivity contribution in [1.29, 1.82) is 0 Å². The van der Waals surface area contributed by atoms with Crippen LogP contribution in [0.15, 0.2) is 30.6 Å². The Morgan fingerprint density at radius 1 is 1.32 bits per heavy atom. The number of nitrogens with zero attached hydrogens (tertiary/aromatic N) is 2. The maximum absolute atomic E-state index is 4.32. The lowest BCUT2D eigenvalue weighted by molar-refractivity contribution is 0.796. The third-order valence-electron chi connectivity index (χ3n) is 3.56. The molecule has 0 aromatic carbocycles. The molecule has 1 aliphatic rings. The highest BCUT2D eigenvalue weighted by atomic mass is 15.2. The van der Waals surface area contributed by atoms with E-state index in [0.29, 0.717) is 0 Å². The molecule has 0 amide bonds. The Kier molecular flexibility index (Phi) is 2.30. The summed E-state index contributed by atoms with van der Waals surface area (Å²) in [5, 5.41) is 11.8. The first-order chi connectivity index (χ1) is 9.38. The van der Waals surface area contributed by atoms with E-state index in [2.05, 4.69) is 31.5 Å². The molecule has 0 unspecified atom stereocenters. The van der Waals surface area contributed by atoms with Crippen LogP contribution in [0, 0.1) is 5.92 Å². The zero-order valence-corrected chi connectivity index (χ0v) is 10.5. The Morgan fingerprint density at radius 2 is 2.26 bits per heavy atom. The normalized spacial score (nSPS) is 14.9. The summed E-state index contributed by atoms with van der Waals surface area (Å²) in [6.07, 6.45) is 7.52. The number of hydrogen-bond donors (Lipinski definition) is 3. The highest BCUT2D eigenvalue weighted by Crippen LogP contribution is 2.32. The van der Waals surface area contributed by atoms with Crippen LogP contribution in [0.4, 0.5) is 11.5 Å². The van der Waals surface area contributed by atoms with Crippen molar-refractivity contribution in [1.82, 2.24) is 20.2 Å². The maximum Gasteiger partial charge on any atom is 0.152 e. The van der Waals surface area contributed by atoms with Gasteiger partial charge >= 0.3 is 0 Å². The van der Waals surface area contributed by atoms with Crippen LogP contribution < -0.4 is 5.32 Å². The predicted molar refractivity (Wildman–Crippen MR) is 74.4 cm³/mol. The standard InChI is InChI=1S/C14H15N5/c1-2-9(1)7-10-8-13(19-18-10)17-12-4-6-16-14-11(12)3-5-15-14/h3-6,8-9H,1-2,7H2,(H3,15,16,17,18,19). The number of aromatic nitrogens is 4. The maximum atomic E-state index is 4.32. The molecule has 4 rings (SSSR count). The van der Waals surface area contributed by atoms with E-state index >= 15 is 0 Å². The van der Waals surface area contributed by atoms with Crippen molar-refractivity contribution in [3.63, 3.8) is 0 Å². The van der Waals surface area contributed by atoms with Crippen LogP contribution >= 0.6 is 0 Å². The molecule has 3 N–H and O–H groups in total. The number of nitrogens with one attached hydrogen (secondary N) is 3. The Morgan fingerprint density at radius 3 is 3.16 bits per heavy atom. The van der Waals surface area contributed by atoms with Gasteiger partial charge in [0.05, 0.1) is 5.69 Å². The van der Waals surface area contributed by atoms with Crippen LogP contribution in [0.2, 0.25) is 0 Å². The van der Waals surface area contributed by atoms with Crippen molar-refractivity contribution in [2.24, 2.45) is 5.92 Å². The van der Waals surface area contributed by atoms with E-state index < -0.39 is 0 Å². The van der Waals surface area contributed by atoms with Crippen LogP contribution in [0.3, 0.4) is 0 Å². The molecular weight excluding hydrogens is 238 g/mol. The average molecular weight is 253 g/mol. The van der Waals surface area contributed by atoms with Crippen molar-refractivity contribution in [2.45, 2.75) is 19.3 Å². The number of aromatic amines is 2. The summed E-state index contributed by atoms with van der Waals surface area (Å²) in [6, 6.07) is 6.07. The van der Waals surface area contributed by atoms with E-state index in [1.807, 2.05) is 18.3 Å². The SMILES string of the molecule is c1cc(Nc2cc(CC3CC3)[nH]n2)c2cc[nH]c2n1. The first-order valence-corrected chi connectivity index (χ1v) is 6.62. The van der Waals surface area contributed by atoms with Crippen molar-refractivity contribution in [2.75, 3.05) is 5.32 Å². The van der Waals surface area contributed by atoms with Crippen LogP contribution in [-0.4, -0.2) is 20.2 Å². The zero-order chi connectivity index (χ0) is 12.7. The molecule has 0 atom stereocenters. The molecule has 0 saturated heterocycles. The summed E-state index contributed by atoms with van der Waals surface area (Å²) in [5.74, 6) is 1.73. The Bertz CT molecular complexity index is 707. The predicted octanol–water partition coefficient (Wildman–Crippen LogP) is 2.98. The highest BCUT2D eigenvalue weighted by Gasteiger charge is 2.22. The Hall–Kier alpha value is -2.30. The highest BCUT2D eigenvalue weighted by molar-refractivity contribution is 5.90. The molecule has 0 aliphatic heterocycles. The fourth-order valence-electron chi connectivity index (χ4n) is 2.37. The van der Waals surface area contributed by atoms with Gasteiger partial charge in [0.1, 0.15) is 5.65 Å². The first kappa shape index (κ1) is 10.6. The molecule has 3 aromatic rings. The molecule has 3 aromatic heterocycles. The second kappa shape index (κ2) is 4.12. The van der Waals surface area contributed by atoms with Gasteiger partial charge in [-0.15, -0.1) is 0 Å². The van der Waals surface area contributed by atoms with E-state index in [4.69, 9.17) is 0 Å². The summed E-state index contributed by atoms with van der Waals surface area (Å²) in [4.78, 5) is 7.38. The van der Waals surface area contributed by atoms with E-state index in [-0.39, 0.29) is 0 Å². The van der Waals surface area contributed by atoms with Gasteiger partial charge in [0, 0.05) is 29.5 Å². The fourth-order valence-corrected chi connectivity index (χ4v) is 2.37. The van der Waals surface area contributed by atoms with Gasteiger partial charge in [0.15, 0.2) is 5.82 Å². The number of fused-ring (bicyclic) bond motifs is 1. The molecule has 0 radical (unpaired) electrons. The van der Waals surface area contributed by atoms with Crippen molar-refractivity contribution in [3.8, 4) is 0 Å². The van der Waals surface area contributed by atoms with Crippen LogP contribution in [0.5, 0.6) is 0 Å². The number of rotatable bonds is 4. The van der Waals surface area contributed by atoms with Gasteiger partial charge in [-0.2, -0.15) is 5.10 Å².